The van der Waals surface area contributed by atoms with Gasteiger partial charge in [0.15, 0.2) is 4.83 Å². The van der Waals surface area contributed by atoms with E-state index >= 15 is 0 Å². The van der Waals surface area contributed by atoms with Gasteiger partial charge in [-0.3, -0.25) is 5.10 Å². The highest BCUT2D eigenvalue weighted by Gasteiger charge is 2.01. The van der Waals surface area contributed by atoms with Gasteiger partial charge in [0, 0.05) is 0 Å². The first-order valence-electron chi connectivity index (χ1n) is 2.41. The first-order valence-corrected chi connectivity index (χ1v) is 3.29. The van der Waals surface area contributed by atoms with Crippen molar-refractivity contribution in [2.75, 3.05) is 5.73 Å². The second-order valence-electron chi connectivity index (χ2n) is 1.64. The highest BCUT2D eigenvalue weighted by molar-refractivity contribution is 7.16. The number of H-pyrrole nitrogens is 1. The van der Waals surface area contributed by atoms with Crippen LogP contribution in [0.5, 0.6) is 0 Å². The fourth-order valence-electron chi connectivity index (χ4n) is 0.668. The second-order valence-corrected chi connectivity index (χ2v) is 2.48. The van der Waals surface area contributed by atoms with Crippen LogP contribution in [0, 0.1) is 0 Å². The van der Waals surface area contributed by atoms with Crippen LogP contribution in [0.2, 0.25) is 0 Å². The summed E-state index contributed by atoms with van der Waals surface area (Å²) >= 11 is 1.47. The van der Waals surface area contributed by atoms with E-state index in [-0.39, 0.29) is 0 Å². The lowest BCUT2D eigenvalue weighted by molar-refractivity contribution is 1.13. The Balaban J connectivity index is 2.99. The number of nitrogens with one attached hydrogen (secondary N) is 1. The maximum Gasteiger partial charge on any atom is 0.167 e. The molecule has 0 saturated heterocycles. The van der Waals surface area contributed by atoms with E-state index in [2.05, 4.69) is 15.2 Å². The Morgan fingerprint density at radius 2 is 2.56 bits per heavy atom. The zero-order chi connectivity index (χ0) is 6.27. The van der Waals surface area contributed by atoms with E-state index in [1.165, 1.54) is 11.3 Å². The number of thiazole rings is 1. The van der Waals surface area contributed by atoms with E-state index < -0.39 is 0 Å². The maximum atomic E-state index is 5.45. The van der Waals surface area contributed by atoms with Gasteiger partial charge in [0.1, 0.15) is 11.3 Å². The summed E-state index contributed by atoms with van der Waals surface area (Å²) in [6, 6.07) is 0. The number of aromatic amines is 1. The predicted octanol–water partition coefficient (Wildman–Crippen LogP) is 0.602. The molecule has 0 unspecified atom stereocenters. The molecule has 0 spiro atoms. The van der Waals surface area contributed by atoms with Crippen LogP contribution < -0.4 is 5.73 Å². The lowest BCUT2D eigenvalue weighted by Gasteiger charge is -1.75. The smallest absolute Gasteiger partial charge is 0.167 e. The number of hydrogen-bond acceptors (Lipinski definition) is 4. The Morgan fingerprint density at radius 1 is 1.67 bits per heavy atom. The topological polar surface area (TPSA) is 67.6 Å². The van der Waals surface area contributed by atoms with E-state index in [0.29, 0.717) is 5.82 Å². The van der Waals surface area contributed by atoms with Gasteiger partial charge in [0.25, 0.3) is 0 Å². The molecule has 0 aliphatic carbocycles. The van der Waals surface area contributed by atoms with Crippen LogP contribution in [-0.4, -0.2) is 15.2 Å². The van der Waals surface area contributed by atoms with Crippen molar-refractivity contribution in [2.24, 2.45) is 0 Å². The van der Waals surface area contributed by atoms with Crippen molar-refractivity contribution in [2.45, 2.75) is 0 Å². The van der Waals surface area contributed by atoms with Crippen LogP contribution >= 0.6 is 11.3 Å². The van der Waals surface area contributed by atoms with Gasteiger partial charge >= 0.3 is 0 Å². The monoisotopic (exact) mass is 140 g/mol. The van der Waals surface area contributed by atoms with E-state index in [1.807, 2.05) is 0 Å². The molecule has 0 aliphatic heterocycles. The molecule has 0 atom stereocenters. The average molecular weight is 140 g/mol. The third kappa shape index (κ3) is 0.517. The molecule has 9 heavy (non-hydrogen) atoms. The standard InChI is InChI=1S/C4H4N4S/c5-3-2-4(8-7-3)9-1-6-2/h1H,(H3,5,7,8). The Hall–Kier alpha value is -1.10. The summed E-state index contributed by atoms with van der Waals surface area (Å²) in [6.45, 7) is 0. The molecule has 0 radical (unpaired) electrons. The van der Waals surface area contributed by atoms with Crippen LogP contribution in [0.15, 0.2) is 5.51 Å². The van der Waals surface area contributed by atoms with Crippen LogP contribution in [0.1, 0.15) is 0 Å². The molecular weight excluding hydrogens is 136 g/mol. The maximum absolute atomic E-state index is 5.45. The molecule has 0 fully saturated rings. The van der Waals surface area contributed by atoms with E-state index in [9.17, 15) is 0 Å². The molecule has 46 valence electrons. The van der Waals surface area contributed by atoms with E-state index in [0.717, 1.165) is 10.3 Å². The largest absolute Gasteiger partial charge is 0.382 e. The normalized spacial score (nSPS) is 10.7. The molecule has 4 nitrogen and oxygen atoms in total. The van der Waals surface area contributed by atoms with Crippen LogP contribution in [0.25, 0.3) is 10.3 Å². The molecule has 2 aromatic heterocycles. The summed E-state index contributed by atoms with van der Waals surface area (Å²) < 4.78 is 0. The fourth-order valence-corrected chi connectivity index (χ4v) is 1.30. The van der Waals surface area contributed by atoms with E-state index in [1.54, 1.807) is 5.51 Å². The van der Waals surface area contributed by atoms with Crippen molar-refractivity contribution in [1.29, 1.82) is 0 Å². The van der Waals surface area contributed by atoms with Crippen molar-refractivity contribution < 1.29 is 0 Å². The van der Waals surface area contributed by atoms with Gasteiger partial charge in [-0.05, 0) is 0 Å². The number of nitrogen functional groups attached to an aromatic ring is 1. The minimum atomic E-state index is 0.547. The second kappa shape index (κ2) is 1.44. The molecule has 5 heteroatoms. The van der Waals surface area contributed by atoms with Crippen molar-refractivity contribution in [3.05, 3.63) is 5.51 Å². The number of hydrogen-bond donors (Lipinski definition) is 2. The summed E-state index contributed by atoms with van der Waals surface area (Å²) in [5.74, 6) is 0.547. The number of aromatic nitrogens is 3. The van der Waals surface area contributed by atoms with Crippen molar-refractivity contribution in [3.8, 4) is 0 Å². The molecule has 3 N–H and O–H groups in total. The third-order valence-corrected chi connectivity index (χ3v) is 1.80. The van der Waals surface area contributed by atoms with Gasteiger partial charge in [-0.15, -0.1) is 11.3 Å². The fraction of sp³-hybridized carbons (Fsp3) is 0. The van der Waals surface area contributed by atoms with Gasteiger partial charge < -0.3 is 5.73 Å². The highest BCUT2D eigenvalue weighted by atomic mass is 32.1. The zero-order valence-corrected chi connectivity index (χ0v) is 5.27. The predicted molar refractivity (Wildman–Crippen MR) is 36.2 cm³/mol. The van der Waals surface area contributed by atoms with Crippen molar-refractivity contribution >= 4 is 27.5 Å². The molecule has 0 bridgehead atoms. The molecular formula is C4H4N4S. The first-order chi connectivity index (χ1) is 4.38. The Bertz CT molecular complexity index is 322. The Kier molecular flexibility index (Phi) is 0.762. The van der Waals surface area contributed by atoms with Crippen molar-refractivity contribution in [3.63, 3.8) is 0 Å². The average Bonchev–Trinajstić information content (AvgIpc) is 2.35. The molecule has 0 aliphatic rings. The van der Waals surface area contributed by atoms with Gasteiger partial charge in [0.05, 0.1) is 5.51 Å². The molecule has 2 rings (SSSR count). The Labute approximate surface area is 54.7 Å². The summed E-state index contributed by atoms with van der Waals surface area (Å²) in [6.07, 6.45) is 0. The first kappa shape index (κ1) is 4.75. The minimum absolute atomic E-state index is 0.547. The van der Waals surface area contributed by atoms with E-state index in [4.69, 9.17) is 5.73 Å². The van der Waals surface area contributed by atoms with Crippen molar-refractivity contribution in [1.82, 2.24) is 15.2 Å². The number of anilines is 1. The summed E-state index contributed by atoms with van der Waals surface area (Å²) in [7, 11) is 0. The van der Waals surface area contributed by atoms with Gasteiger partial charge in [0.2, 0.25) is 0 Å². The SMILES string of the molecule is Nc1[nH]nc2scnc12. The van der Waals surface area contributed by atoms with Gasteiger partial charge in [-0.2, -0.15) is 5.10 Å². The summed E-state index contributed by atoms with van der Waals surface area (Å²) in [5, 5.41) is 6.52. The summed E-state index contributed by atoms with van der Waals surface area (Å²) in [4.78, 5) is 4.85. The van der Waals surface area contributed by atoms with Crippen LogP contribution in [-0.2, 0) is 0 Å². The highest BCUT2D eigenvalue weighted by Crippen LogP contribution is 2.18. The van der Waals surface area contributed by atoms with Gasteiger partial charge in [-0.25, -0.2) is 4.98 Å². The Morgan fingerprint density at radius 3 is 3.33 bits per heavy atom. The number of nitrogens with two attached hydrogens (primary N) is 1. The number of fused-ring (bicyclic) bond motifs is 1. The van der Waals surface area contributed by atoms with Gasteiger partial charge in [-0.1, -0.05) is 0 Å². The van der Waals surface area contributed by atoms with Crippen LogP contribution in [0.4, 0.5) is 5.82 Å². The lowest BCUT2D eigenvalue weighted by atomic mass is 10.6. The zero-order valence-electron chi connectivity index (χ0n) is 4.46. The molecule has 0 saturated carbocycles. The molecule has 0 aromatic carbocycles. The van der Waals surface area contributed by atoms with Crippen LogP contribution in [0.3, 0.4) is 0 Å². The lowest BCUT2D eigenvalue weighted by Crippen LogP contribution is -1.83. The molecule has 0 amide bonds. The molecule has 2 aromatic rings. The number of nitrogens with zero attached hydrogens (tertiary/aromatic N) is 2. The minimum Gasteiger partial charge on any atom is -0.382 e. The molecule has 2 heterocycles. The number of rotatable bonds is 0. The quantitative estimate of drug-likeness (QED) is 0.563. The third-order valence-electron chi connectivity index (χ3n) is 1.08. The summed E-state index contributed by atoms with van der Waals surface area (Å²) in [5.41, 5.74) is 7.95.